The Hall–Kier alpha value is -2.93. The zero-order chi connectivity index (χ0) is 20.9. The lowest BCUT2D eigenvalue weighted by atomic mass is 10.1. The number of aromatic nitrogens is 1. The van der Waals surface area contributed by atoms with Crippen LogP contribution in [0.5, 0.6) is 5.75 Å². The van der Waals surface area contributed by atoms with Gasteiger partial charge in [-0.15, -0.1) is 11.3 Å². The Kier molecular flexibility index (Phi) is 6.28. The van der Waals surface area contributed by atoms with Crippen LogP contribution in [0, 0.1) is 0 Å². The standard InChI is InChI=1S/C24H25N3O2S/c1-27-15-22(23-21(24(27)28)13-20(30-23)14-26-11-10-25)18-8-5-9-19(12-18)29-16-17-6-3-2-4-7-17/h2-9,12-13,15,26H,10-11,14,16,25H2,1H3. The number of pyridine rings is 1. The van der Waals surface area contributed by atoms with Crippen LogP contribution in [0.3, 0.4) is 0 Å². The molecule has 2 aromatic carbocycles. The lowest BCUT2D eigenvalue weighted by Gasteiger charge is -2.10. The number of ether oxygens (including phenoxy) is 1. The second-order valence-electron chi connectivity index (χ2n) is 7.18. The Morgan fingerprint density at radius 2 is 1.93 bits per heavy atom. The average Bonchev–Trinajstić information content (AvgIpc) is 3.20. The molecule has 3 N–H and O–H groups in total. The van der Waals surface area contributed by atoms with Crippen molar-refractivity contribution in [2.24, 2.45) is 12.8 Å². The molecule has 6 heteroatoms. The number of thiophene rings is 1. The number of aryl methyl sites for hydroxylation is 1. The first-order valence-corrected chi connectivity index (χ1v) is 10.8. The molecule has 5 nitrogen and oxygen atoms in total. The molecule has 2 heterocycles. The summed E-state index contributed by atoms with van der Waals surface area (Å²) in [6.45, 7) is 2.57. The van der Waals surface area contributed by atoms with Crippen molar-refractivity contribution in [1.82, 2.24) is 9.88 Å². The molecule has 0 saturated heterocycles. The summed E-state index contributed by atoms with van der Waals surface area (Å²) in [7, 11) is 1.80. The van der Waals surface area contributed by atoms with Gasteiger partial charge in [-0.05, 0) is 29.3 Å². The van der Waals surface area contributed by atoms with E-state index in [0.717, 1.165) is 43.9 Å². The quantitative estimate of drug-likeness (QED) is 0.425. The van der Waals surface area contributed by atoms with Crippen molar-refractivity contribution in [2.75, 3.05) is 13.1 Å². The molecule has 0 fully saturated rings. The SMILES string of the molecule is Cn1cc(-c2cccc(OCc3ccccc3)c2)c2sc(CNCCN)cc2c1=O. The van der Waals surface area contributed by atoms with E-state index in [1.807, 2.05) is 60.8 Å². The van der Waals surface area contributed by atoms with E-state index in [9.17, 15) is 4.79 Å². The number of fused-ring (bicyclic) bond motifs is 1. The van der Waals surface area contributed by atoms with Crippen LogP contribution in [-0.2, 0) is 20.2 Å². The summed E-state index contributed by atoms with van der Waals surface area (Å²) < 4.78 is 8.66. The molecule has 0 bridgehead atoms. The van der Waals surface area contributed by atoms with E-state index in [1.54, 1.807) is 23.0 Å². The summed E-state index contributed by atoms with van der Waals surface area (Å²) in [5.74, 6) is 0.805. The van der Waals surface area contributed by atoms with Gasteiger partial charge in [-0.25, -0.2) is 0 Å². The van der Waals surface area contributed by atoms with Crippen molar-refractivity contribution in [2.45, 2.75) is 13.2 Å². The average molecular weight is 420 g/mol. The number of nitrogens with zero attached hydrogens (tertiary/aromatic N) is 1. The van der Waals surface area contributed by atoms with Gasteiger partial charge in [-0.2, -0.15) is 0 Å². The van der Waals surface area contributed by atoms with Gasteiger partial charge in [0.2, 0.25) is 0 Å². The Morgan fingerprint density at radius 1 is 1.10 bits per heavy atom. The smallest absolute Gasteiger partial charge is 0.259 e. The molecule has 4 aromatic rings. The number of hydrogen-bond donors (Lipinski definition) is 2. The fourth-order valence-corrected chi connectivity index (χ4v) is 4.55. The van der Waals surface area contributed by atoms with Gasteiger partial charge >= 0.3 is 0 Å². The first-order valence-electron chi connectivity index (χ1n) is 9.95. The highest BCUT2D eigenvalue weighted by molar-refractivity contribution is 7.19. The number of hydrogen-bond acceptors (Lipinski definition) is 5. The summed E-state index contributed by atoms with van der Waals surface area (Å²) in [5.41, 5.74) is 8.78. The molecule has 2 aromatic heterocycles. The van der Waals surface area contributed by atoms with Crippen LogP contribution < -0.4 is 21.3 Å². The van der Waals surface area contributed by atoms with Gasteiger partial charge in [-0.1, -0.05) is 42.5 Å². The normalized spacial score (nSPS) is 11.1. The monoisotopic (exact) mass is 419 g/mol. The van der Waals surface area contributed by atoms with Gasteiger partial charge in [0.15, 0.2) is 0 Å². The van der Waals surface area contributed by atoms with E-state index in [2.05, 4.69) is 11.4 Å². The highest BCUT2D eigenvalue weighted by Gasteiger charge is 2.14. The predicted molar refractivity (Wildman–Crippen MR) is 124 cm³/mol. The van der Waals surface area contributed by atoms with E-state index in [1.165, 1.54) is 0 Å². The maximum atomic E-state index is 12.7. The predicted octanol–water partition coefficient (Wildman–Crippen LogP) is 3.89. The zero-order valence-corrected chi connectivity index (χ0v) is 17.7. The summed E-state index contributed by atoms with van der Waals surface area (Å²) in [4.78, 5) is 13.8. The summed E-state index contributed by atoms with van der Waals surface area (Å²) in [5, 5.41) is 4.05. The zero-order valence-electron chi connectivity index (χ0n) is 16.9. The van der Waals surface area contributed by atoms with Crippen molar-refractivity contribution in [3.05, 3.63) is 87.7 Å². The fraction of sp³-hybridized carbons (Fsp3) is 0.208. The van der Waals surface area contributed by atoms with Crippen molar-refractivity contribution in [3.8, 4) is 16.9 Å². The summed E-state index contributed by atoms with van der Waals surface area (Å²) in [6.07, 6.45) is 1.91. The van der Waals surface area contributed by atoms with Gasteiger partial charge in [0.1, 0.15) is 12.4 Å². The molecule has 30 heavy (non-hydrogen) atoms. The number of benzene rings is 2. The molecule has 0 aliphatic rings. The van der Waals surface area contributed by atoms with Crippen molar-refractivity contribution in [3.63, 3.8) is 0 Å². The van der Waals surface area contributed by atoms with E-state index >= 15 is 0 Å². The van der Waals surface area contributed by atoms with E-state index in [4.69, 9.17) is 10.5 Å². The van der Waals surface area contributed by atoms with Crippen molar-refractivity contribution >= 4 is 21.4 Å². The van der Waals surface area contributed by atoms with Gasteiger partial charge in [-0.3, -0.25) is 4.79 Å². The van der Waals surface area contributed by atoms with Crippen molar-refractivity contribution < 1.29 is 4.74 Å². The number of nitrogens with two attached hydrogens (primary N) is 1. The largest absolute Gasteiger partial charge is 0.489 e. The summed E-state index contributed by atoms with van der Waals surface area (Å²) >= 11 is 1.65. The van der Waals surface area contributed by atoms with Crippen LogP contribution in [0.1, 0.15) is 10.4 Å². The number of nitrogens with one attached hydrogen (secondary N) is 1. The fourth-order valence-electron chi connectivity index (χ4n) is 3.40. The molecule has 0 aliphatic heterocycles. The first kappa shape index (κ1) is 20.3. The molecule has 0 aliphatic carbocycles. The molecule has 0 saturated carbocycles. The molecule has 0 spiro atoms. The molecule has 0 unspecified atom stereocenters. The second-order valence-corrected chi connectivity index (χ2v) is 8.32. The lowest BCUT2D eigenvalue weighted by Crippen LogP contribution is -2.21. The van der Waals surface area contributed by atoms with E-state index in [0.29, 0.717) is 19.7 Å². The summed E-state index contributed by atoms with van der Waals surface area (Å²) in [6, 6.07) is 20.1. The maximum absolute atomic E-state index is 12.7. The van der Waals surface area contributed by atoms with Crippen LogP contribution in [0.4, 0.5) is 0 Å². The van der Waals surface area contributed by atoms with Gasteiger partial charge in [0, 0.05) is 48.0 Å². The molecule has 154 valence electrons. The van der Waals surface area contributed by atoms with Crippen LogP contribution in [0.15, 0.2) is 71.7 Å². The van der Waals surface area contributed by atoms with E-state index < -0.39 is 0 Å². The van der Waals surface area contributed by atoms with Crippen molar-refractivity contribution in [1.29, 1.82) is 0 Å². The lowest BCUT2D eigenvalue weighted by molar-refractivity contribution is 0.306. The molecule has 0 radical (unpaired) electrons. The minimum atomic E-state index is 0.0200. The molecule has 0 atom stereocenters. The molecular formula is C24H25N3O2S. The van der Waals surface area contributed by atoms with Crippen LogP contribution in [0.2, 0.25) is 0 Å². The first-order chi connectivity index (χ1) is 14.7. The Balaban J connectivity index is 1.66. The van der Waals surface area contributed by atoms with E-state index in [-0.39, 0.29) is 5.56 Å². The third-order valence-corrected chi connectivity index (χ3v) is 6.08. The topological polar surface area (TPSA) is 69.3 Å². The Labute approximate surface area is 179 Å². The van der Waals surface area contributed by atoms with Crippen LogP contribution in [-0.4, -0.2) is 17.7 Å². The molecule has 0 amide bonds. The minimum Gasteiger partial charge on any atom is -0.489 e. The third kappa shape index (κ3) is 4.46. The minimum absolute atomic E-state index is 0.0200. The highest BCUT2D eigenvalue weighted by Crippen LogP contribution is 2.34. The second kappa shape index (κ2) is 9.26. The number of rotatable bonds is 8. The van der Waals surface area contributed by atoms with Gasteiger partial charge in [0.25, 0.3) is 5.56 Å². The Morgan fingerprint density at radius 3 is 2.73 bits per heavy atom. The maximum Gasteiger partial charge on any atom is 0.259 e. The Bertz CT molecular complexity index is 1200. The van der Waals surface area contributed by atoms with Crippen LogP contribution in [0.25, 0.3) is 21.2 Å². The molecule has 4 rings (SSSR count). The van der Waals surface area contributed by atoms with Gasteiger partial charge < -0.3 is 20.4 Å². The van der Waals surface area contributed by atoms with Gasteiger partial charge in [0.05, 0.1) is 5.39 Å². The third-order valence-electron chi connectivity index (χ3n) is 4.91. The highest BCUT2D eigenvalue weighted by atomic mass is 32.1. The van der Waals surface area contributed by atoms with Crippen LogP contribution >= 0.6 is 11.3 Å². The molecular weight excluding hydrogens is 394 g/mol.